The van der Waals surface area contributed by atoms with Gasteiger partial charge in [-0.1, -0.05) is 59.8 Å². The smallest absolute Gasteiger partial charge is 0.349 e. The fourth-order valence-corrected chi connectivity index (χ4v) is 7.41. The molecule has 1 aliphatic carbocycles. The molecule has 2 N–H and O–H groups in total. The van der Waals surface area contributed by atoms with E-state index in [9.17, 15) is 33.6 Å². The van der Waals surface area contributed by atoms with Crippen LogP contribution in [-0.4, -0.2) is 97.3 Å². The molecule has 1 heterocycles. The second kappa shape index (κ2) is 17.7. The average Bonchev–Trinajstić information content (AvgIpc) is 3.92. The van der Waals surface area contributed by atoms with Crippen LogP contribution in [0.15, 0.2) is 59.5 Å². The number of hydrogen-bond acceptors (Lipinski definition) is 14. The lowest BCUT2D eigenvalue weighted by Crippen LogP contribution is -2.68. The Bertz CT molecular complexity index is 1680. The van der Waals surface area contributed by atoms with E-state index < -0.39 is 89.7 Å². The highest BCUT2D eigenvalue weighted by molar-refractivity contribution is 8.01. The number of rotatable bonds is 15. The second-order valence-corrected chi connectivity index (χ2v) is 14.2. The first-order valence-corrected chi connectivity index (χ1v) is 17.7. The summed E-state index contributed by atoms with van der Waals surface area (Å²) in [7, 11) is 1.13. The van der Waals surface area contributed by atoms with Crippen LogP contribution in [0.1, 0.15) is 58.1 Å². The molecule has 2 aliphatic rings. The van der Waals surface area contributed by atoms with Crippen molar-refractivity contribution in [3.8, 4) is 0 Å². The Kier molecular flexibility index (Phi) is 13.6. The summed E-state index contributed by atoms with van der Waals surface area (Å²) in [6, 6.07) is 14.8. The third-order valence-corrected chi connectivity index (χ3v) is 9.95. The maximum Gasteiger partial charge on any atom is 0.349 e. The minimum atomic E-state index is -2.00. The van der Waals surface area contributed by atoms with Crippen LogP contribution in [0.25, 0.3) is 0 Å². The molecule has 6 atom stereocenters. The third kappa shape index (κ3) is 10.6. The van der Waals surface area contributed by atoms with Crippen LogP contribution in [0.2, 0.25) is 0 Å². The summed E-state index contributed by atoms with van der Waals surface area (Å²) in [4.78, 5) is 88.7. The third-order valence-electron chi connectivity index (χ3n) is 8.69. The summed E-state index contributed by atoms with van der Waals surface area (Å²) in [6.45, 7) is 5.16. The van der Waals surface area contributed by atoms with E-state index in [0.29, 0.717) is 17.7 Å². The first-order valence-electron chi connectivity index (χ1n) is 16.9. The second-order valence-electron chi connectivity index (χ2n) is 12.8. The van der Waals surface area contributed by atoms with Crippen LogP contribution in [0.3, 0.4) is 0 Å². The van der Waals surface area contributed by atoms with Crippen LogP contribution in [-0.2, 0) is 67.4 Å². The molecule has 286 valence electrons. The minimum Gasteiger partial charge on any atom is -0.466 e. The predicted molar refractivity (Wildman–Crippen MR) is 187 cm³/mol. The van der Waals surface area contributed by atoms with Crippen molar-refractivity contribution in [3.05, 3.63) is 65.7 Å². The fraction of sp³-hybridized carbons (Fsp3) is 0.486. The number of hydrogen-bond donors (Lipinski definition) is 2. The lowest BCUT2D eigenvalue weighted by molar-refractivity contribution is -0.221. The Balaban J connectivity index is 1.82. The number of benzene rings is 2. The van der Waals surface area contributed by atoms with Crippen molar-refractivity contribution in [1.29, 1.82) is 0 Å². The van der Waals surface area contributed by atoms with Crippen LogP contribution in [0.4, 0.5) is 0 Å². The zero-order valence-electron chi connectivity index (χ0n) is 30.3. The highest BCUT2D eigenvalue weighted by Crippen LogP contribution is 2.49. The molecule has 4 rings (SSSR count). The van der Waals surface area contributed by atoms with Crippen molar-refractivity contribution in [2.24, 2.45) is 0 Å². The summed E-state index contributed by atoms with van der Waals surface area (Å²) < 4.78 is 33.8. The molecule has 1 aliphatic heterocycles. The van der Waals surface area contributed by atoms with Gasteiger partial charge in [0.15, 0.2) is 18.8 Å². The fourth-order valence-electron chi connectivity index (χ4n) is 6.18. The lowest BCUT2D eigenvalue weighted by atomic mass is 9.88. The molecule has 2 aromatic carbocycles. The molecule has 2 aromatic rings. The van der Waals surface area contributed by atoms with Crippen molar-refractivity contribution in [3.63, 3.8) is 0 Å². The van der Waals surface area contributed by atoms with E-state index in [1.54, 1.807) is 24.3 Å². The van der Waals surface area contributed by atoms with E-state index in [0.717, 1.165) is 57.7 Å². The van der Waals surface area contributed by atoms with Gasteiger partial charge in [0.1, 0.15) is 12.2 Å². The maximum atomic E-state index is 13.8. The normalized spacial score (nSPS) is 22.5. The van der Waals surface area contributed by atoms with Crippen molar-refractivity contribution in [2.45, 2.75) is 99.6 Å². The topological polar surface area (TPSA) is 199 Å². The van der Waals surface area contributed by atoms with Crippen molar-refractivity contribution in [1.82, 2.24) is 10.6 Å². The first-order chi connectivity index (χ1) is 25.1. The molecule has 53 heavy (non-hydrogen) atoms. The molecule has 0 aromatic heterocycles. The monoisotopic (exact) mass is 756 g/mol. The summed E-state index contributed by atoms with van der Waals surface area (Å²) in [5.74, 6) is -5.37. The number of carbonyl (C=O) groups excluding carboxylic acids is 7. The van der Waals surface area contributed by atoms with E-state index in [1.807, 2.05) is 37.3 Å². The summed E-state index contributed by atoms with van der Waals surface area (Å²) in [5.41, 5.74) is 0.904. The van der Waals surface area contributed by atoms with Gasteiger partial charge in [-0.3, -0.25) is 28.8 Å². The van der Waals surface area contributed by atoms with Crippen molar-refractivity contribution < 1.29 is 62.0 Å². The van der Waals surface area contributed by atoms with Crippen molar-refractivity contribution >= 4 is 53.4 Å². The highest BCUT2D eigenvalue weighted by Gasteiger charge is 2.59. The zero-order chi connectivity index (χ0) is 38.9. The number of amides is 2. The number of carbonyl (C=O) groups is 7. The van der Waals surface area contributed by atoms with Crippen molar-refractivity contribution in [2.75, 3.05) is 20.3 Å². The van der Waals surface area contributed by atoms with Gasteiger partial charge in [0.25, 0.3) is 5.91 Å². The molecule has 0 bridgehead atoms. The van der Waals surface area contributed by atoms with Gasteiger partial charge in [0.2, 0.25) is 10.8 Å². The number of methoxy groups -OCH3 is 1. The molecular formula is C37H44N2O13S. The van der Waals surface area contributed by atoms with Crippen LogP contribution >= 0.6 is 11.8 Å². The van der Waals surface area contributed by atoms with Gasteiger partial charge < -0.3 is 39.1 Å². The molecule has 0 unspecified atom stereocenters. The summed E-state index contributed by atoms with van der Waals surface area (Å²) in [6.07, 6.45) is -5.35. The Morgan fingerprint density at radius 3 is 2.06 bits per heavy atom. The van der Waals surface area contributed by atoms with Gasteiger partial charge in [-0.25, -0.2) is 4.79 Å². The Labute approximate surface area is 311 Å². The SMILES string of the molecule is COC(=O)[C@@]1(Sc2ccc(C)cc2)C[C@H](OC(C)=O)[C@@H](NC(=O)COC(C)=O)[C@H]([C@H](OC(C)=O)[C@@H](CNC(=O)C2(c3ccccc3)CC2)OC(C)=O)O1. The summed E-state index contributed by atoms with van der Waals surface area (Å²) in [5, 5.41) is 5.45. The number of nitrogens with one attached hydrogen (secondary N) is 2. The largest absolute Gasteiger partial charge is 0.466 e. The molecule has 1 saturated heterocycles. The standard InChI is InChI=1S/C37H44N2O13S/c1-21-12-14-27(15-13-21)53-37(35(46)47-6)18-28(49-23(3)41)31(39-30(44)20-48-22(2)40)33(52-37)32(51-25(5)43)29(50-24(4)42)19-38-34(45)36(16-17-36)26-10-8-7-9-11-26/h7-15,28-29,31-33H,16-20H2,1-6H3,(H,38,45)(H,39,44)/t28-,29+,31+,32+,33+,37-/m0/s1. The molecule has 0 spiro atoms. The molecule has 2 fully saturated rings. The molecule has 16 heteroatoms. The number of ether oxygens (including phenoxy) is 6. The van der Waals surface area contributed by atoms with E-state index >= 15 is 0 Å². The van der Waals surface area contributed by atoms with Crippen LogP contribution in [0.5, 0.6) is 0 Å². The van der Waals surface area contributed by atoms with Gasteiger partial charge in [-0.2, -0.15) is 0 Å². The van der Waals surface area contributed by atoms with E-state index in [4.69, 9.17) is 28.4 Å². The Morgan fingerprint density at radius 2 is 1.51 bits per heavy atom. The zero-order valence-corrected chi connectivity index (χ0v) is 31.2. The maximum absolute atomic E-state index is 13.8. The number of esters is 5. The predicted octanol–water partition coefficient (Wildman–Crippen LogP) is 2.44. The minimum absolute atomic E-state index is 0.366. The van der Waals surface area contributed by atoms with Gasteiger partial charge in [-0.15, -0.1) is 0 Å². The Morgan fingerprint density at radius 1 is 0.868 bits per heavy atom. The van der Waals surface area contributed by atoms with Gasteiger partial charge >= 0.3 is 29.8 Å². The van der Waals surface area contributed by atoms with Crippen LogP contribution < -0.4 is 10.6 Å². The molecule has 2 amide bonds. The van der Waals surface area contributed by atoms with E-state index in [2.05, 4.69) is 10.6 Å². The summed E-state index contributed by atoms with van der Waals surface area (Å²) >= 11 is 0.924. The lowest BCUT2D eigenvalue weighted by Gasteiger charge is -2.48. The van der Waals surface area contributed by atoms with Gasteiger partial charge in [-0.05, 0) is 37.5 Å². The van der Waals surface area contributed by atoms with Crippen LogP contribution in [0, 0.1) is 6.92 Å². The van der Waals surface area contributed by atoms with E-state index in [-0.39, 0.29) is 12.3 Å². The van der Waals surface area contributed by atoms with E-state index in [1.165, 1.54) is 0 Å². The quantitative estimate of drug-likeness (QED) is 0.198. The van der Waals surface area contributed by atoms with Gasteiger partial charge in [0.05, 0.1) is 25.1 Å². The number of thioether (sulfide) groups is 1. The molecule has 0 radical (unpaired) electrons. The Hall–Kier alpha value is -4.96. The molecule has 1 saturated carbocycles. The molecular weight excluding hydrogens is 712 g/mol. The highest BCUT2D eigenvalue weighted by atomic mass is 32.2. The average molecular weight is 757 g/mol. The first kappa shape index (κ1) is 40.8. The molecule has 15 nitrogen and oxygen atoms in total. The number of aryl methyl sites for hydroxylation is 1. The van der Waals surface area contributed by atoms with Gasteiger partial charge in [0, 0.05) is 39.0 Å².